The first kappa shape index (κ1) is 15.6. The van der Waals surface area contributed by atoms with Crippen molar-refractivity contribution in [2.45, 2.75) is 6.92 Å². The summed E-state index contributed by atoms with van der Waals surface area (Å²) in [4.78, 5) is 11.8. The van der Waals surface area contributed by atoms with Gasteiger partial charge in [0.25, 0.3) is 0 Å². The van der Waals surface area contributed by atoms with Crippen molar-refractivity contribution in [3.63, 3.8) is 0 Å². The molecule has 5 nitrogen and oxygen atoms in total. The van der Waals surface area contributed by atoms with Gasteiger partial charge in [-0.1, -0.05) is 30.3 Å². The van der Waals surface area contributed by atoms with Crippen LogP contribution in [0.2, 0.25) is 0 Å². The lowest BCUT2D eigenvalue weighted by molar-refractivity contribution is 0.0868. The van der Waals surface area contributed by atoms with Gasteiger partial charge in [-0.05, 0) is 13.0 Å². The molecule has 0 atom stereocenters. The molecule has 0 spiro atoms. The van der Waals surface area contributed by atoms with E-state index in [0.29, 0.717) is 5.56 Å². The Bertz CT molecular complexity index is 487. The van der Waals surface area contributed by atoms with Crippen LogP contribution in [0.1, 0.15) is 17.3 Å². The number of ether oxygens (including phenoxy) is 1. The molecular weight excluding hydrogens is 267 g/mol. The van der Waals surface area contributed by atoms with Crippen LogP contribution in [-0.2, 0) is 18.3 Å². The van der Waals surface area contributed by atoms with Crippen molar-refractivity contribution in [2.24, 2.45) is 0 Å². The number of hydrogen-bond acceptors (Lipinski definition) is 5. The molecule has 1 aromatic rings. The third-order valence-electron chi connectivity index (χ3n) is 2.44. The molecule has 0 radical (unpaired) electrons. The van der Waals surface area contributed by atoms with Crippen LogP contribution < -0.4 is 0 Å². The van der Waals surface area contributed by atoms with Gasteiger partial charge in [-0.25, -0.2) is 0 Å². The minimum atomic E-state index is -3.45. The molecule has 6 heteroatoms. The van der Waals surface area contributed by atoms with E-state index in [1.165, 1.54) is 20.3 Å². The Kier molecular flexibility index (Phi) is 5.96. The first-order chi connectivity index (χ1) is 9.07. The molecule has 0 heterocycles. The van der Waals surface area contributed by atoms with Gasteiger partial charge < -0.3 is 13.8 Å². The standard InChI is InChI=1S/C13H17O5P/c1-4-13(19(15,16-2)17-3)18-10-12(14)11-8-6-5-7-9-11/h4-9H,10H2,1-3H3/b13-4-. The number of rotatable bonds is 7. The molecule has 0 amide bonds. The van der Waals surface area contributed by atoms with Crippen LogP contribution in [0.25, 0.3) is 0 Å². The van der Waals surface area contributed by atoms with Gasteiger partial charge in [-0.3, -0.25) is 9.36 Å². The number of Topliss-reactive ketones (excluding diaryl/α,β-unsaturated/α-hetero) is 1. The first-order valence-electron chi connectivity index (χ1n) is 5.67. The Morgan fingerprint density at radius 2 is 1.79 bits per heavy atom. The minimum absolute atomic E-state index is 0.0294. The molecule has 0 saturated heterocycles. The third-order valence-corrected chi connectivity index (χ3v) is 4.33. The molecule has 0 aliphatic carbocycles. The molecule has 0 aliphatic heterocycles. The number of allylic oxidation sites excluding steroid dienone is 1. The van der Waals surface area contributed by atoms with Crippen molar-refractivity contribution in [1.82, 2.24) is 0 Å². The summed E-state index contributed by atoms with van der Waals surface area (Å²) in [6.07, 6.45) is 1.46. The zero-order valence-electron chi connectivity index (χ0n) is 11.2. The maximum absolute atomic E-state index is 12.1. The number of carbonyl (C=O) groups excluding carboxylic acids is 1. The van der Waals surface area contributed by atoms with Crippen molar-refractivity contribution in [3.8, 4) is 0 Å². The second kappa shape index (κ2) is 7.24. The fraction of sp³-hybridized carbons (Fsp3) is 0.308. The second-order valence-corrected chi connectivity index (χ2v) is 5.73. The summed E-state index contributed by atoms with van der Waals surface area (Å²) in [5.41, 5.74) is 0.560. The van der Waals surface area contributed by atoms with Crippen molar-refractivity contribution in [3.05, 3.63) is 47.5 Å². The van der Waals surface area contributed by atoms with E-state index in [4.69, 9.17) is 13.8 Å². The van der Waals surface area contributed by atoms with Crippen LogP contribution in [0.15, 0.2) is 41.9 Å². The SMILES string of the molecule is C/C=C(/OCC(=O)c1ccccc1)P(=O)(OC)OC. The predicted octanol–water partition coefficient (Wildman–Crippen LogP) is 3.23. The van der Waals surface area contributed by atoms with Crippen LogP contribution in [0.3, 0.4) is 0 Å². The van der Waals surface area contributed by atoms with Gasteiger partial charge in [0.1, 0.15) is 0 Å². The molecule has 0 saturated carbocycles. The first-order valence-corrected chi connectivity index (χ1v) is 7.21. The van der Waals surface area contributed by atoms with Crippen molar-refractivity contribution < 1.29 is 23.1 Å². The smallest absolute Gasteiger partial charge is 0.394 e. The molecule has 1 rings (SSSR count). The van der Waals surface area contributed by atoms with Crippen LogP contribution in [0.4, 0.5) is 0 Å². The van der Waals surface area contributed by atoms with Crippen molar-refractivity contribution in [1.29, 1.82) is 0 Å². The summed E-state index contributed by atoms with van der Waals surface area (Å²) in [6, 6.07) is 8.72. The van der Waals surface area contributed by atoms with E-state index >= 15 is 0 Å². The molecule has 0 fully saturated rings. The minimum Gasteiger partial charge on any atom is -0.478 e. The number of benzene rings is 1. The largest absolute Gasteiger partial charge is 0.478 e. The summed E-state index contributed by atoms with van der Waals surface area (Å²) < 4.78 is 26.9. The fourth-order valence-corrected chi connectivity index (χ4v) is 2.47. The highest BCUT2D eigenvalue weighted by atomic mass is 31.2. The highest BCUT2D eigenvalue weighted by Crippen LogP contribution is 2.54. The lowest BCUT2D eigenvalue weighted by atomic mass is 10.1. The Labute approximate surface area is 112 Å². The summed E-state index contributed by atoms with van der Waals surface area (Å²) in [7, 11) is -0.932. The third kappa shape index (κ3) is 4.03. The maximum atomic E-state index is 12.1. The van der Waals surface area contributed by atoms with Gasteiger partial charge in [0.05, 0.1) is 0 Å². The average Bonchev–Trinajstić information content (AvgIpc) is 2.48. The van der Waals surface area contributed by atoms with Crippen LogP contribution in [0, 0.1) is 0 Å². The van der Waals surface area contributed by atoms with Crippen molar-refractivity contribution in [2.75, 3.05) is 20.8 Å². The van der Waals surface area contributed by atoms with Gasteiger partial charge in [-0.2, -0.15) is 0 Å². The van der Waals surface area contributed by atoms with E-state index < -0.39 is 7.60 Å². The summed E-state index contributed by atoms with van der Waals surface area (Å²) in [5.74, 6) is -0.210. The van der Waals surface area contributed by atoms with E-state index in [2.05, 4.69) is 0 Å². The highest BCUT2D eigenvalue weighted by Gasteiger charge is 2.29. The normalized spacial score (nSPS) is 12.3. The molecule has 0 N–H and O–H groups in total. The van der Waals surface area contributed by atoms with Crippen LogP contribution >= 0.6 is 7.60 Å². The Morgan fingerprint density at radius 3 is 2.26 bits per heavy atom. The monoisotopic (exact) mass is 284 g/mol. The predicted molar refractivity (Wildman–Crippen MR) is 72.1 cm³/mol. The number of ketones is 1. The zero-order valence-corrected chi connectivity index (χ0v) is 12.1. The van der Waals surface area contributed by atoms with Gasteiger partial charge >= 0.3 is 7.60 Å². The molecular formula is C13H17O5P. The lowest BCUT2D eigenvalue weighted by Gasteiger charge is -2.17. The summed E-state index contributed by atoms with van der Waals surface area (Å²) >= 11 is 0. The van der Waals surface area contributed by atoms with Crippen molar-refractivity contribution >= 4 is 13.4 Å². The molecule has 0 unspecified atom stereocenters. The maximum Gasteiger partial charge on any atom is 0.394 e. The molecule has 0 aliphatic rings. The summed E-state index contributed by atoms with van der Waals surface area (Å²) in [5, 5.41) is 0. The zero-order chi connectivity index (χ0) is 14.3. The lowest BCUT2D eigenvalue weighted by Crippen LogP contribution is -2.09. The van der Waals surface area contributed by atoms with Gasteiger partial charge in [0.2, 0.25) is 5.50 Å². The number of hydrogen-bond donors (Lipinski definition) is 0. The van der Waals surface area contributed by atoms with E-state index in [9.17, 15) is 9.36 Å². The molecule has 19 heavy (non-hydrogen) atoms. The molecule has 1 aromatic carbocycles. The highest BCUT2D eigenvalue weighted by molar-refractivity contribution is 7.58. The Morgan fingerprint density at radius 1 is 1.21 bits per heavy atom. The second-order valence-electron chi connectivity index (χ2n) is 3.57. The summed E-state index contributed by atoms with van der Waals surface area (Å²) in [6.45, 7) is 1.41. The molecule has 104 valence electrons. The quantitative estimate of drug-likeness (QED) is 0.437. The number of carbonyl (C=O) groups is 1. The van der Waals surface area contributed by atoms with Gasteiger partial charge in [-0.15, -0.1) is 0 Å². The van der Waals surface area contributed by atoms with E-state index in [1.807, 2.05) is 6.07 Å². The molecule has 0 aromatic heterocycles. The fourth-order valence-electron chi connectivity index (χ4n) is 1.42. The topological polar surface area (TPSA) is 61.8 Å². The van der Waals surface area contributed by atoms with E-state index in [0.717, 1.165) is 0 Å². The van der Waals surface area contributed by atoms with Crippen LogP contribution in [-0.4, -0.2) is 26.6 Å². The molecule has 0 bridgehead atoms. The van der Waals surface area contributed by atoms with Gasteiger partial charge in [0.15, 0.2) is 12.4 Å². The van der Waals surface area contributed by atoms with E-state index in [-0.39, 0.29) is 17.9 Å². The Balaban J connectivity index is 2.71. The van der Waals surface area contributed by atoms with Crippen LogP contribution in [0.5, 0.6) is 0 Å². The van der Waals surface area contributed by atoms with E-state index in [1.54, 1.807) is 31.2 Å². The average molecular weight is 284 g/mol. The Hall–Kier alpha value is -1.42. The van der Waals surface area contributed by atoms with Gasteiger partial charge in [0, 0.05) is 19.8 Å².